The zero-order valence-electron chi connectivity index (χ0n) is 11.8. The topological polar surface area (TPSA) is 53.2 Å². The molecule has 0 atom stereocenters. The van der Waals surface area contributed by atoms with Crippen molar-refractivity contribution in [2.45, 2.75) is 6.54 Å². The normalized spacial score (nSPS) is 12.4. The lowest BCUT2D eigenvalue weighted by Crippen LogP contribution is -2.44. The summed E-state index contributed by atoms with van der Waals surface area (Å²) in [7, 11) is 0. The fraction of sp³-hybridized carbons (Fsp3) is 0.0588. The Balaban J connectivity index is 1.51. The van der Waals surface area contributed by atoms with E-state index in [9.17, 15) is 4.79 Å². The van der Waals surface area contributed by atoms with Crippen LogP contribution in [0, 0.1) is 0 Å². The minimum atomic E-state index is -0.0334. The molecule has 0 bridgehead atoms. The van der Waals surface area contributed by atoms with Crippen LogP contribution in [0.15, 0.2) is 60.3 Å². The third-order valence-electron chi connectivity index (χ3n) is 3.36. The number of allylic oxidation sites excluding steroid dienone is 1. The number of hydrogen-bond acceptors (Lipinski definition) is 3. The number of nitrogens with one attached hydrogen (secondary N) is 3. The van der Waals surface area contributed by atoms with E-state index in [0.717, 1.165) is 11.1 Å². The molecule has 0 fully saturated rings. The van der Waals surface area contributed by atoms with Crippen LogP contribution in [0.2, 0.25) is 0 Å². The van der Waals surface area contributed by atoms with Gasteiger partial charge in [0.15, 0.2) is 5.11 Å². The molecule has 0 heterocycles. The summed E-state index contributed by atoms with van der Waals surface area (Å²) in [5, 5.41) is 3.52. The smallest absolute Gasteiger partial charge is 0.211 e. The lowest BCUT2D eigenvalue weighted by atomic mass is 10.1. The number of Topliss-reactive ketones (excluding diaryl/α,β-unsaturated/α-hetero) is 1. The van der Waals surface area contributed by atoms with Gasteiger partial charge in [-0.15, -0.1) is 0 Å². The lowest BCUT2D eigenvalue weighted by molar-refractivity contribution is 0.103. The van der Waals surface area contributed by atoms with Crippen LogP contribution in [0.4, 0.5) is 0 Å². The zero-order valence-corrected chi connectivity index (χ0v) is 12.6. The third kappa shape index (κ3) is 3.15. The van der Waals surface area contributed by atoms with Crippen molar-refractivity contribution < 1.29 is 4.79 Å². The molecule has 5 heteroatoms. The first kappa shape index (κ1) is 14.3. The molecule has 0 saturated carbocycles. The van der Waals surface area contributed by atoms with E-state index in [0.29, 0.717) is 22.9 Å². The van der Waals surface area contributed by atoms with Crippen molar-refractivity contribution in [2.24, 2.45) is 0 Å². The van der Waals surface area contributed by atoms with Gasteiger partial charge in [-0.2, -0.15) is 0 Å². The monoisotopic (exact) mass is 309 g/mol. The third-order valence-corrected chi connectivity index (χ3v) is 3.60. The van der Waals surface area contributed by atoms with E-state index < -0.39 is 0 Å². The van der Waals surface area contributed by atoms with Crippen LogP contribution in [0.25, 0.3) is 6.08 Å². The van der Waals surface area contributed by atoms with Crippen LogP contribution in [-0.2, 0) is 6.54 Å². The van der Waals surface area contributed by atoms with Crippen LogP contribution in [0.5, 0.6) is 0 Å². The van der Waals surface area contributed by atoms with Gasteiger partial charge < -0.3 is 5.32 Å². The molecule has 2 aromatic rings. The van der Waals surface area contributed by atoms with Gasteiger partial charge in [0.2, 0.25) is 5.78 Å². The molecule has 2 aromatic carbocycles. The van der Waals surface area contributed by atoms with E-state index >= 15 is 0 Å². The number of ketones is 1. The standard InChI is InChI=1S/C17H15N3OS/c21-16-14-9-5-4-8-13(14)10-15(16)19-20-17(22)18-11-12-6-2-1-3-7-12/h1-10H,11H2,(H,19,21)(H2,18,20,22). The number of carbonyl (C=O) groups is 1. The van der Waals surface area contributed by atoms with Gasteiger partial charge in [0.05, 0.1) is 0 Å². The predicted octanol–water partition coefficient (Wildman–Crippen LogP) is 2.39. The summed E-state index contributed by atoms with van der Waals surface area (Å²) in [5.74, 6) is -0.0334. The maximum absolute atomic E-state index is 12.2. The highest BCUT2D eigenvalue weighted by atomic mass is 32.1. The Hall–Kier alpha value is -2.66. The molecule has 1 aliphatic rings. The number of hydrazine groups is 1. The van der Waals surface area contributed by atoms with Gasteiger partial charge in [-0.25, -0.2) is 0 Å². The average molecular weight is 309 g/mol. The second kappa shape index (κ2) is 6.41. The molecule has 0 spiro atoms. The summed E-state index contributed by atoms with van der Waals surface area (Å²) in [5.41, 5.74) is 8.96. The van der Waals surface area contributed by atoms with Crippen LogP contribution < -0.4 is 16.2 Å². The second-order valence-corrected chi connectivity index (χ2v) is 5.30. The number of rotatable bonds is 4. The highest BCUT2D eigenvalue weighted by Crippen LogP contribution is 2.22. The van der Waals surface area contributed by atoms with Crippen molar-refractivity contribution in [3.05, 3.63) is 77.0 Å². The summed E-state index contributed by atoms with van der Waals surface area (Å²) < 4.78 is 0. The van der Waals surface area contributed by atoms with Crippen molar-refractivity contribution in [3.63, 3.8) is 0 Å². The van der Waals surface area contributed by atoms with Gasteiger partial charge >= 0.3 is 0 Å². The van der Waals surface area contributed by atoms with Crippen LogP contribution in [0.1, 0.15) is 21.5 Å². The fourth-order valence-electron chi connectivity index (χ4n) is 2.24. The summed E-state index contributed by atoms with van der Waals surface area (Å²) in [6, 6.07) is 17.4. The number of benzene rings is 2. The molecule has 0 unspecified atom stereocenters. The summed E-state index contributed by atoms with van der Waals surface area (Å²) in [4.78, 5) is 12.2. The van der Waals surface area contributed by atoms with Gasteiger partial charge in [-0.05, 0) is 29.4 Å². The maximum atomic E-state index is 12.2. The van der Waals surface area contributed by atoms with Crippen LogP contribution in [0.3, 0.4) is 0 Å². The molecule has 3 N–H and O–H groups in total. The molecule has 0 radical (unpaired) electrons. The van der Waals surface area contributed by atoms with Crippen LogP contribution >= 0.6 is 12.2 Å². The van der Waals surface area contributed by atoms with Crippen molar-refractivity contribution in [1.82, 2.24) is 16.2 Å². The quantitative estimate of drug-likeness (QED) is 0.598. The Labute approximate surface area is 134 Å². The van der Waals surface area contributed by atoms with Crippen molar-refractivity contribution >= 4 is 29.2 Å². The lowest BCUT2D eigenvalue weighted by Gasteiger charge is -2.12. The summed E-state index contributed by atoms with van der Waals surface area (Å²) in [6.07, 6.45) is 1.81. The van der Waals surface area contributed by atoms with E-state index in [-0.39, 0.29) is 5.78 Å². The Morgan fingerprint density at radius 1 is 1.00 bits per heavy atom. The minimum Gasteiger partial charge on any atom is -0.357 e. The van der Waals surface area contributed by atoms with E-state index in [4.69, 9.17) is 12.2 Å². The second-order valence-electron chi connectivity index (χ2n) is 4.89. The van der Waals surface area contributed by atoms with Gasteiger partial charge in [-0.1, -0.05) is 54.6 Å². The molecular formula is C17H15N3OS. The van der Waals surface area contributed by atoms with E-state index in [1.54, 1.807) is 0 Å². The molecule has 22 heavy (non-hydrogen) atoms. The molecule has 110 valence electrons. The first-order valence-corrected chi connectivity index (χ1v) is 7.34. The molecule has 1 aliphatic carbocycles. The number of hydrogen-bond donors (Lipinski definition) is 3. The molecule has 0 aliphatic heterocycles. The fourth-order valence-corrected chi connectivity index (χ4v) is 2.36. The number of thiocarbonyl (C=S) groups is 1. The largest absolute Gasteiger partial charge is 0.357 e. The first-order valence-electron chi connectivity index (χ1n) is 6.93. The van der Waals surface area contributed by atoms with Gasteiger partial charge in [0.25, 0.3) is 0 Å². The van der Waals surface area contributed by atoms with Gasteiger partial charge in [0.1, 0.15) is 5.70 Å². The predicted molar refractivity (Wildman–Crippen MR) is 90.9 cm³/mol. The molecular weight excluding hydrogens is 294 g/mol. The Bertz CT molecular complexity index is 741. The SMILES string of the molecule is O=C1C(NNC(=S)NCc2ccccc2)=Cc2ccccc21. The summed E-state index contributed by atoms with van der Waals surface area (Å²) >= 11 is 5.19. The molecule has 4 nitrogen and oxygen atoms in total. The van der Waals surface area contributed by atoms with Crippen molar-refractivity contribution in [1.29, 1.82) is 0 Å². The van der Waals surface area contributed by atoms with E-state index in [1.165, 1.54) is 0 Å². The Morgan fingerprint density at radius 3 is 2.50 bits per heavy atom. The van der Waals surface area contributed by atoms with Crippen molar-refractivity contribution in [2.75, 3.05) is 0 Å². The zero-order chi connectivity index (χ0) is 15.4. The molecule has 0 aromatic heterocycles. The highest BCUT2D eigenvalue weighted by molar-refractivity contribution is 7.80. The average Bonchev–Trinajstić information content (AvgIpc) is 2.88. The van der Waals surface area contributed by atoms with Crippen molar-refractivity contribution in [3.8, 4) is 0 Å². The van der Waals surface area contributed by atoms with Gasteiger partial charge in [0, 0.05) is 12.1 Å². The molecule has 0 amide bonds. The Morgan fingerprint density at radius 2 is 1.73 bits per heavy atom. The first-order chi connectivity index (χ1) is 10.7. The van der Waals surface area contributed by atoms with E-state index in [2.05, 4.69) is 16.2 Å². The highest BCUT2D eigenvalue weighted by Gasteiger charge is 2.21. The molecule has 3 rings (SSSR count). The number of carbonyl (C=O) groups excluding carboxylic acids is 1. The van der Waals surface area contributed by atoms with Crippen LogP contribution in [-0.4, -0.2) is 10.9 Å². The van der Waals surface area contributed by atoms with Gasteiger partial charge in [-0.3, -0.25) is 15.6 Å². The molecule has 0 saturated heterocycles. The number of fused-ring (bicyclic) bond motifs is 1. The van der Waals surface area contributed by atoms with E-state index in [1.807, 2.05) is 60.7 Å². The minimum absolute atomic E-state index is 0.0334. The summed E-state index contributed by atoms with van der Waals surface area (Å²) in [6.45, 7) is 0.627. The maximum Gasteiger partial charge on any atom is 0.211 e. The Kier molecular flexibility index (Phi) is 4.16.